The van der Waals surface area contributed by atoms with Crippen LogP contribution in [0.4, 0.5) is 17.5 Å². The molecule has 0 spiro atoms. The zero-order valence-corrected chi connectivity index (χ0v) is 14.0. The Balaban J connectivity index is 2.28. The van der Waals surface area contributed by atoms with Gasteiger partial charge in [0.15, 0.2) is 0 Å². The zero-order chi connectivity index (χ0) is 16.3. The summed E-state index contributed by atoms with van der Waals surface area (Å²) < 4.78 is 0.563. The predicted molar refractivity (Wildman–Crippen MR) is 87.1 cm³/mol. The maximum atomic E-state index is 11.2. The highest BCUT2D eigenvalue weighted by molar-refractivity contribution is 9.10. The molecule has 8 nitrogen and oxygen atoms in total. The van der Waals surface area contributed by atoms with Gasteiger partial charge in [0.1, 0.15) is 0 Å². The molecule has 2 aromatic heterocycles. The zero-order valence-electron chi connectivity index (χ0n) is 12.4. The van der Waals surface area contributed by atoms with Crippen molar-refractivity contribution in [3.05, 3.63) is 44.8 Å². The highest BCUT2D eigenvalue weighted by Crippen LogP contribution is 2.28. The summed E-state index contributed by atoms with van der Waals surface area (Å²) in [7, 11) is 5.44. The van der Waals surface area contributed by atoms with E-state index in [4.69, 9.17) is 0 Å². The molecule has 2 heterocycles. The standard InChI is InChI=1S/C13H15BrN6O2/c1-18(2)13-15-5-4-10(17-13)8-19(3)12-11(20(21)22)6-9(14)7-16-12/h4-7H,8H2,1-3H3. The van der Waals surface area contributed by atoms with E-state index in [1.54, 1.807) is 29.1 Å². The highest BCUT2D eigenvalue weighted by Gasteiger charge is 2.20. The molecule has 0 aromatic carbocycles. The first kappa shape index (κ1) is 16.1. The number of rotatable bonds is 5. The lowest BCUT2D eigenvalue weighted by atomic mass is 10.3. The van der Waals surface area contributed by atoms with Gasteiger partial charge in [0.05, 0.1) is 17.2 Å². The van der Waals surface area contributed by atoms with Crippen molar-refractivity contribution in [3.63, 3.8) is 0 Å². The lowest BCUT2D eigenvalue weighted by Gasteiger charge is -2.18. The number of pyridine rings is 1. The number of hydrogen-bond acceptors (Lipinski definition) is 7. The van der Waals surface area contributed by atoms with Crippen molar-refractivity contribution in [3.8, 4) is 0 Å². The van der Waals surface area contributed by atoms with E-state index in [1.165, 1.54) is 12.3 Å². The van der Waals surface area contributed by atoms with Crippen molar-refractivity contribution in [2.75, 3.05) is 30.9 Å². The van der Waals surface area contributed by atoms with Crippen molar-refractivity contribution in [2.24, 2.45) is 0 Å². The molecular formula is C13H15BrN6O2. The second-order valence-corrected chi connectivity index (χ2v) is 5.77. The fourth-order valence-corrected chi connectivity index (χ4v) is 2.18. The Hall–Kier alpha value is -2.29. The molecule has 0 aliphatic carbocycles. The van der Waals surface area contributed by atoms with Gasteiger partial charge in [0.25, 0.3) is 0 Å². The van der Waals surface area contributed by atoms with Crippen molar-refractivity contribution in [1.82, 2.24) is 15.0 Å². The van der Waals surface area contributed by atoms with Gasteiger partial charge in [-0.3, -0.25) is 10.1 Å². The summed E-state index contributed by atoms with van der Waals surface area (Å²) in [6, 6.07) is 3.21. The largest absolute Gasteiger partial charge is 0.348 e. The Kier molecular flexibility index (Phi) is 4.86. The highest BCUT2D eigenvalue weighted by atomic mass is 79.9. The van der Waals surface area contributed by atoms with E-state index in [2.05, 4.69) is 30.9 Å². The molecule has 0 bridgehead atoms. The Labute approximate surface area is 136 Å². The summed E-state index contributed by atoms with van der Waals surface area (Å²) in [5, 5.41) is 11.2. The molecule has 0 aliphatic rings. The van der Waals surface area contributed by atoms with Crippen LogP contribution in [0.25, 0.3) is 0 Å². The molecular weight excluding hydrogens is 352 g/mol. The van der Waals surface area contributed by atoms with Crippen molar-refractivity contribution in [2.45, 2.75) is 6.54 Å². The molecule has 0 saturated heterocycles. The fraction of sp³-hybridized carbons (Fsp3) is 0.308. The number of anilines is 2. The molecule has 2 aromatic rings. The van der Waals surface area contributed by atoms with Crippen molar-refractivity contribution in [1.29, 1.82) is 0 Å². The lowest BCUT2D eigenvalue weighted by Crippen LogP contribution is -2.21. The van der Waals surface area contributed by atoms with E-state index in [0.29, 0.717) is 22.8 Å². The minimum absolute atomic E-state index is 0.0567. The maximum Gasteiger partial charge on any atom is 0.312 e. The van der Waals surface area contributed by atoms with Crippen LogP contribution in [0.15, 0.2) is 29.0 Å². The van der Waals surface area contributed by atoms with E-state index >= 15 is 0 Å². The summed E-state index contributed by atoms with van der Waals surface area (Å²) in [6.07, 6.45) is 3.19. The molecule has 0 unspecified atom stereocenters. The average Bonchev–Trinajstić information content (AvgIpc) is 2.47. The predicted octanol–water partition coefficient (Wildman–Crippen LogP) is 2.24. The molecule has 2 rings (SSSR count). The van der Waals surface area contributed by atoms with Crippen LogP contribution in [0.3, 0.4) is 0 Å². The average molecular weight is 367 g/mol. The summed E-state index contributed by atoms with van der Waals surface area (Å²) >= 11 is 3.19. The lowest BCUT2D eigenvalue weighted by molar-refractivity contribution is -0.384. The van der Waals surface area contributed by atoms with E-state index in [0.717, 1.165) is 5.69 Å². The molecule has 0 fully saturated rings. The first-order chi connectivity index (χ1) is 10.4. The summed E-state index contributed by atoms with van der Waals surface area (Å²) in [5.41, 5.74) is 0.694. The van der Waals surface area contributed by atoms with Gasteiger partial charge in [-0.15, -0.1) is 0 Å². The fourth-order valence-electron chi connectivity index (χ4n) is 1.86. The van der Waals surface area contributed by atoms with Crippen LogP contribution in [0.1, 0.15) is 5.69 Å². The topological polar surface area (TPSA) is 88.3 Å². The van der Waals surface area contributed by atoms with Gasteiger partial charge in [0.2, 0.25) is 11.8 Å². The summed E-state index contributed by atoms with van der Waals surface area (Å²) in [6.45, 7) is 0.388. The van der Waals surface area contributed by atoms with Gasteiger partial charge in [-0.05, 0) is 22.0 Å². The summed E-state index contributed by atoms with van der Waals surface area (Å²) in [5.74, 6) is 0.877. The number of halogens is 1. The SMILES string of the molecule is CN(C)c1nccc(CN(C)c2ncc(Br)cc2[N+](=O)[O-])n1. The minimum atomic E-state index is -0.450. The number of aromatic nitrogens is 3. The molecule has 0 atom stereocenters. The second kappa shape index (κ2) is 6.65. The first-order valence-electron chi connectivity index (χ1n) is 6.39. The third kappa shape index (κ3) is 3.67. The van der Waals surface area contributed by atoms with Crippen molar-refractivity contribution >= 4 is 33.4 Å². The van der Waals surface area contributed by atoms with Gasteiger partial charge in [-0.25, -0.2) is 15.0 Å². The van der Waals surface area contributed by atoms with Crippen LogP contribution in [-0.2, 0) is 6.54 Å². The molecule has 22 heavy (non-hydrogen) atoms. The van der Waals surface area contributed by atoms with Crippen LogP contribution in [0.5, 0.6) is 0 Å². The van der Waals surface area contributed by atoms with Crippen LogP contribution < -0.4 is 9.80 Å². The van der Waals surface area contributed by atoms with Crippen LogP contribution in [-0.4, -0.2) is 41.0 Å². The van der Waals surface area contributed by atoms with Gasteiger partial charge in [-0.1, -0.05) is 0 Å². The Morgan fingerprint density at radius 2 is 2.05 bits per heavy atom. The number of hydrogen-bond donors (Lipinski definition) is 0. The number of nitrogens with zero attached hydrogens (tertiary/aromatic N) is 6. The molecule has 0 radical (unpaired) electrons. The van der Waals surface area contributed by atoms with Gasteiger partial charge >= 0.3 is 5.69 Å². The number of nitro groups is 1. The molecule has 0 aliphatic heterocycles. The van der Waals surface area contributed by atoms with Gasteiger partial charge < -0.3 is 9.80 Å². The minimum Gasteiger partial charge on any atom is -0.348 e. The van der Waals surface area contributed by atoms with Crippen molar-refractivity contribution < 1.29 is 4.92 Å². The van der Waals surface area contributed by atoms with Gasteiger partial charge in [0, 0.05) is 44.1 Å². The van der Waals surface area contributed by atoms with E-state index in [9.17, 15) is 10.1 Å². The quantitative estimate of drug-likeness (QED) is 0.592. The van der Waals surface area contributed by atoms with Crippen LogP contribution in [0.2, 0.25) is 0 Å². The first-order valence-corrected chi connectivity index (χ1v) is 7.18. The third-order valence-electron chi connectivity index (χ3n) is 2.87. The normalized spacial score (nSPS) is 10.4. The summed E-state index contributed by atoms with van der Waals surface area (Å²) in [4.78, 5) is 26.9. The van der Waals surface area contributed by atoms with E-state index in [1.807, 2.05) is 14.1 Å². The van der Waals surface area contributed by atoms with E-state index in [-0.39, 0.29) is 5.69 Å². The van der Waals surface area contributed by atoms with Gasteiger partial charge in [-0.2, -0.15) is 0 Å². The molecule has 116 valence electrons. The monoisotopic (exact) mass is 366 g/mol. The Morgan fingerprint density at radius 3 is 2.68 bits per heavy atom. The second-order valence-electron chi connectivity index (χ2n) is 4.85. The van der Waals surface area contributed by atoms with Crippen LogP contribution >= 0.6 is 15.9 Å². The third-order valence-corrected chi connectivity index (χ3v) is 3.31. The molecule has 0 N–H and O–H groups in total. The Morgan fingerprint density at radius 1 is 1.32 bits per heavy atom. The molecule has 0 amide bonds. The maximum absolute atomic E-state index is 11.2. The smallest absolute Gasteiger partial charge is 0.312 e. The van der Waals surface area contributed by atoms with E-state index < -0.39 is 4.92 Å². The Bertz CT molecular complexity index is 694. The molecule has 9 heteroatoms. The van der Waals surface area contributed by atoms with Crippen LogP contribution in [0, 0.1) is 10.1 Å². The molecule has 0 saturated carbocycles.